The molecule has 10 rings (SSSR count). The minimum Gasteiger partial charge on any atom is -0.496 e. The van der Waals surface area contributed by atoms with Crippen LogP contribution in [0.15, 0.2) is 48.0 Å². The van der Waals surface area contributed by atoms with E-state index in [9.17, 15) is 4.79 Å². The number of allylic oxidation sites excluding steroid dienone is 1. The van der Waals surface area contributed by atoms with Gasteiger partial charge in [-0.3, -0.25) is 14.6 Å². The number of hydrogen-bond donors (Lipinski definition) is 2. The fourth-order valence-electron chi connectivity index (χ4n) is 11.4. The molecule has 7 heteroatoms. The number of esters is 1. The third kappa shape index (κ3) is 4.42. The number of piperidine rings is 3. The van der Waals surface area contributed by atoms with Gasteiger partial charge in [-0.05, 0) is 93.2 Å². The largest absolute Gasteiger partial charge is 0.496 e. The number of fused-ring (bicyclic) bond motifs is 9. The van der Waals surface area contributed by atoms with Crippen molar-refractivity contribution in [2.45, 2.75) is 76.3 Å². The Kier molecular flexibility index (Phi) is 7.32. The molecule has 252 valence electrons. The van der Waals surface area contributed by atoms with E-state index in [1.807, 2.05) is 7.11 Å². The summed E-state index contributed by atoms with van der Waals surface area (Å²) < 4.78 is 11.9. The van der Waals surface area contributed by atoms with E-state index in [4.69, 9.17) is 9.47 Å². The van der Waals surface area contributed by atoms with E-state index in [-0.39, 0.29) is 29.8 Å². The van der Waals surface area contributed by atoms with Crippen LogP contribution < -0.4 is 4.74 Å². The molecule has 0 spiro atoms. The summed E-state index contributed by atoms with van der Waals surface area (Å²) in [5, 5.41) is 2.57. The number of methoxy groups -OCH3 is 2. The number of rotatable bonds is 4. The van der Waals surface area contributed by atoms with E-state index in [1.165, 1.54) is 75.7 Å². The number of nitrogens with one attached hydrogen (secondary N) is 2. The minimum atomic E-state index is -0.239. The number of aromatic nitrogens is 2. The number of likely N-dealkylation sites (tertiary alicyclic amines) is 1. The van der Waals surface area contributed by atoms with Crippen molar-refractivity contribution in [3.8, 4) is 5.75 Å². The molecule has 2 aromatic heterocycles. The maximum atomic E-state index is 13.7. The second-order valence-electron chi connectivity index (χ2n) is 15.6. The zero-order valence-corrected chi connectivity index (χ0v) is 29.1. The lowest BCUT2D eigenvalue weighted by Crippen LogP contribution is -2.56. The van der Waals surface area contributed by atoms with Crippen molar-refractivity contribution in [3.63, 3.8) is 0 Å². The average molecular weight is 647 g/mol. The maximum Gasteiger partial charge on any atom is 0.310 e. The van der Waals surface area contributed by atoms with Crippen molar-refractivity contribution in [2.24, 2.45) is 23.7 Å². The third-order valence-electron chi connectivity index (χ3n) is 13.5. The minimum absolute atomic E-state index is 0.0250. The van der Waals surface area contributed by atoms with E-state index in [1.54, 1.807) is 7.11 Å². The number of benzene rings is 2. The summed E-state index contributed by atoms with van der Waals surface area (Å²) in [6, 6.07) is 14.1. The Balaban J connectivity index is 1.23. The average Bonchev–Trinajstić information content (AvgIpc) is 3.62. The standard InChI is InChI=1S/C41H50N4O3/c1-6-23-14-22-15-32-38-26(12-13-45(20-22)40(23)32)28-19-36(47-4)29(17-34(28)43-38)30-16-27-24(7-2)21-44(3)35(37(27)41(46)48-5)18-31-25-10-8-9-11-33(25)42-39(30)31/h7-11,17,19,22-23,27,30,32,35,37,40,42-43H,6,12-16,18,20-21H2,1-5H3/t22-,23+,27+,30+,32+,35+,37+,40+/m1/s1. The highest BCUT2D eigenvalue weighted by molar-refractivity contribution is 5.89. The van der Waals surface area contributed by atoms with Gasteiger partial charge in [0.05, 0.1) is 20.1 Å². The smallest absolute Gasteiger partial charge is 0.310 e. The number of nitrogens with zero attached hydrogens (tertiary/aromatic N) is 2. The Hall–Kier alpha value is -3.55. The number of ether oxygens (including phenoxy) is 2. The molecule has 6 heterocycles. The monoisotopic (exact) mass is 646 g/mol. The molecule has 1 saturated carbocycles. The van der Waals surface area contributed by atoms with Crippen LogP contribution >= 0.6 is 0 Å². The van der Waals surface area contributed by atoms with Gasteiger partial charge in [0.25, 0.3) is 0 Å². The van der Waals surface area contributed by atoms with Crippen LogP contribution in [0, 0.1) is 23.7 Å². The van der Waals surface area contributed by atoms with Crippen LogP contribution in [0.4, 0.5) is 0 Å². The molecular formula is C41H50N4O3. The lowest BCUT2D eigenvalue weighted by atomic mass is 9.65. The van der Waals surface area contributed by atoms with Crippen molar-refractivity contribution in [1.29, 1.82) is 0 Å². The summed E-state index contributed by atoms with van der Waals surface area (Å²) in [5.74, 6) is 2.89. The van der Waals surface area contributed by atoms with E-state index in [0.29, 0.717) is 12.0 Å². The van der Waals surface area contributed by atoms with Crippen molar-refractivity contribution in [2.75, 3.05) is 40.9 Å². The Morgan fingerprint density at radius 1 is 1.00 bits per heavy atom. The molecule has 0 amide bonds. The molecule has 4 fully saturated rings. The summed E-state index contributed by atoms with van der Waals surface area (Å²) in [6.07, 6.45) is 8.91. The number of aromatic amines is 2. The zero-order chi connectivity index (χ0) is 32.8. The predicted molar refractivity (Wildman–Crippen MR) is 191 cm³/mol. The lowest BCUT2D eigenvalue weighted by molar-refractivity contribution is -0.151. The molecule has 9 atom stereocenters. The van der Waals surface area contributed by atoms with Crippen LogP contribution in [0.3, 0.4) is 0 Å². The Labute approximate surface area is 284 Å². The summed E-state index contributed by atoms with van der Waals surface area (Å²) in [5.41, 5.74) is 10.5. The van der Waals surface area contributed by atoms with E-state index < -0.39 is 0 Å². The first-order valence-electron chi connectivity index (χ1n) is 18.4. The van der Waals surface area contributed by atoms with Crippen molar-refractivity contribution in [3.05, 3.63) is 76.1 Å². The summed E-state index contributed by atoms with van der Waals surface area (Å²) in [7, 11) is 5.54. The van der Waals surface area contributed by atoms with Gasteiger partial charge in [-0.25, -0.2) is 0 Å². The van der Waals surface area contributed by atoms with Gasteiger partial charge in [0, 0.05) is 82.3 Å². The third-order valence-corrected chi connectivity index (χ3v) is 13.5. The van der Waals surface area contributed by atoms with Gasteiger partial charge in [-0.2, -0.15) is 0 Å². The normalized spacial score (nSPS) is 33.6. The van der Waals surface area contributed by atoms with Crippen LogP contribution in [0.1, 0.15) is 79.4 Å². The predicted octanol–water partition coefficient (Wildman–Crippen LogP) is 7.16. The fourth-order valence-corrected chi connectivity index (χ4v) is 11.4. The van der Waals surface area contributed by atoms with E-state index in [2.05, 4.69) is 83.1 Å². The number of hydrogen-bond acceptors (Lipinski definition) is 5. The van der Waals surface area contributed by atoms with E-state index in [0.717, 1.165) is 55.5 Å². The topological polar surface area (TPSA) is 73.6 Å². The SMILES string of the molecule is CC=C1CN(C)[C@H]2Cc3c([nH]c4ccccc34)[C@H](c3cc4[nH]c5c(c4cc3OC)CCN3C[C@@H]4C[C@H](CC)[C@H]3[C@H]5C4)C[C@@H]1[C@@H]2C(=O)OC. The van der Waals surface area contributed by atoms with E-state index >= 15 is 0 Å². The summed E-state index contributed by atoms with van der Waals surface area (Å²) in [6.45, 7) is 7.81. The van der Waals surface area contributed by atoms with Crippen LogP contribution in [0.25, 0.3) is 21.8 Å². The highest BCUT2D eigenvalue weighted by Gasteiger charge is 2.50. The van der Waals surface area contributed by atoms with Gasteiger partial charge >= 0.3 is 5.97 Å². The number of para-hydroxylation sites is 1. The van der Waals surface area contributed by atoms with Crippen molar-refractivity contribution in [1.82, 2.24) is 19.8 Å². The number of H-pyrrole nitrogens is 2. The number of carbonyl (C=O) groups is 1. The second-order valence-corrected chi connectivity index (χ2v) is 15.6. The maximum absolute atomic E-state index is 13.7. The molecule has 4 aliphatic heterocycles. The van der Waals surface area contributed by atoms with Gasteiger partial charge in [0.1, 0.15) is 5.75 Å². The van der Waals surface area contributed by atoms with Gasteiger partial charge in [0.15, 0.2) is 0 Å². The highest BCUT2D eigenvalue weighted by Crippen LogP contribution is 2.53. The van der Waals surface area contributed by atoms with Crippen molar-refractivity contribution >= 4 is 27.8 Å². The number of carbonyl (C=O) groups excluding carboxylic acids is 1. The molecule has 4 aromatic rings. The Morgan fingerprint density at radius 2 is 1.83 bits per heavy atom. The van der Waals surface area contributed by atoms with Gasteiger partial charge < -0.3 is 19.4 Å². The molecule has 2 aromatic carbocycles. The molecular weight excluding hydrogens is 596 g/mol. The Bertz CT molecular complexity index is 1940. The molecule has 6 aliphatic rings. The second kappa shape index (κ2) is 11.5. The molecule has 48 heavy (non-hydrogen) atoms. The Morgan fingerprint density at radius 3 is 2.62 bits per heavy atom. The van der Waals surface area contributed by atoms with Crippen molar-refractivity contribution < 1.29 is 14.3 Å². The van der Waals surface area contributed by atoms with Crippen LogP contribution in [-0.2, 0) is 22.4 Å². The molecule has 1 unspecified atom stereocenters. The quantitative estimate of drug-likeness (QED) is 0.182. The van der Waals surface area contributed by atoms with Crippen LogP contribution in [0.5, 0.6) is 5.75 Å². The molecule has 2 aliphatic carbocycles. The lowest BCUT2D eigenvalue weighted by Gasteiger charge is -2.53. The molecule has 7 nitrogen and oxygen atoms in total. The van der Waals surface area contributed by atoms with Crippen LogP contribution in [-0.4, -0.2) is 78.7 Å². The van der Waals surface area contributed by atoms with Gasteiger partial charge in [-0.15, -0.1) is 0 Å². The molecule has 3 saturated heterocycles. The number of likely N-dealkylation sites (N-methyl/N-ethyl adjacent to an activating group) is 1. The zero-order valence-electron chi connectivity index (χ0n) is 29.1. The fraction of sp³-hybridized carbons (Fsp3) is 0.537. The van der Waals surface area contributed by atoms with Crippen LogP contribution in [0.2, 0.25) is 0 Å². The summed E-state index contributed by atoms with van der Waals surface area (Å²) in [4.78, 5) is 26.9. The first kappa shape index (κ1) is 30.5. The van der Waals surface area contributed by atoms with Gasteiger partial charge in [0.2, 0.25) is 0 Å². The first-order chi connectivity index (χ1) is 23.4. The first-order valence-corrected chi connectivity index (χ1v) is 18.4. The molecule has 6 bridgehead atoms. The van der Waals surface area contributed by atoms with Gasteiger partial charge in [-0.1, -0.05) is 43.2 Å². The molecule has 0 radical (unpaired) electrons. The summed E-state index contributed by atoms with van der Waals surface area (Å²) >= 11 is 0. The highest BCUT2D eigenvalue weighted by atomic mass is 16.5. The molecule has 2 N–H and O–H groups in total.